The molecule has 0 aromatic heterocycles. The normalized spacial score (nSPS) is 11.4. The van der Waals surface area contributed by atoms with Crippen LogP contribution in [-0.4, -0.2) is 35.0 Å². The second-order valence-corrected chi connectivity index (χ2v) is 5.65. The molecule has 0 radical (unpaired) electrons. The lowest BCUT2D eigenvalue weighted by Gasteiger charge is -2.20. The van der Waals surface area contributed by atoms with Crippen molar-refractivity contribution >= 4 is 22.9 Å². The highest BCUT2D eigenvalue weighted by Gasteiger charge is 2.32. The Morgan fingerprint density at radius 1 is 0.731 bits per heavy atom. The molecule has 26 heavy (non-hydrogen) atoms. The van der Waals surface area contributed by atoms with Crippen LogP contribution in [0, 0.1) is 0 Å². The van der Waals surface area contributed by atoms with E-state index in [1.807, 2.05) is 13.8 Å². The topological polar surface area (TPSA) is 127 Å². The fourth-order valence-electron chi connectivity index (χ4n) is 2.27. The molecule has 2 aromatic rings. The van der Waals surface area contributed by atoms with E-state index in [4.69, 9.17) is 21.7 Å². The van der Waals surface area contributed by atoms with Gasteiger partial charge in [-0.05, 0) is 25.0 Å². The van der Waals surface area contributed by atoms with E-state index in [0.29, 0.717) is 24.3 Å². The Bertz CT molecular complexity index is 704. The van der Waals surface area contributed by atoms with E-state index in [2.05, 4.69) is 0 Å². The lowest BCUT2D eigenvalue weighted by Crippen LogP contribution is -2.23. The van der Waals surface area contributed by atoms with Crippen LogP contribution in [0.2, 0.25) is 0 Å². The van der Waals surface area contributed by atoms with E-state index in [1.165, 1.54) is 0 Å². The van der Waals surface area contributed by atoms with Gasteiger partial charge in [0.25, 0.3) is 0 Å². The predicted octanol–water partition coefficient (Wildman–Crippen LogP) is 2.40. The predicted molar refractivity (Wildman–Crippen MR) is 103 cm³/mol. The second-order valence-electron chi connectivity index (χ2n) is 5.65. The molecule has 0 heterocycles. The molecular formula is C20H26N2O4. The SMILES string of the molecule is CCCO.CCCO.Nc1ccc(N)c2c1C(=O)c1ccccc1C2=O. The number of ketones is 2. The molecule has 0 saturated carbocycles. The van der Waals surface area contributed by atoms with Crippen molar-refractivity contribution in [2.45, 2.75) is 26.7 Å². The third-order valence-electron chi connectivity index (χ3n) is 3.59. The Labute approximate surface area is 153 Å². The third-order valence-corrected chi connectivity index (χ3v) is 3.59. The summed E-state index contributed by atoms with van der Waals surface area (Å²) in [6, 6.07) is 9.79. The summed E-state index contributed by atoms with van der Waals surface area (Å²) >= 11 is 0. The molecule has 0 saturated heterocycles. The average molecular weight is 358 g/mol. The summed E-state index contributed by atoms with van der Waals surface area (Å²) in [4.78, 5) is 24.7. The Morgan fingerprint density at radius 3 is 1.31 bits per heavy atom. The van der Waals surface area contributed by atoms with Crippen LogP contribution >= 0.6 is 0 Å². The van der Waals surface area contributed by atoms with Gasteiger partial charge in [0.1, 0.15) is 0 Å². The Kier molecular flexibility index (Phi) is 8.48. The fraction of sp³-hybridized carbons (Fsp3) is 0.300. The van der Waals surface area contributed by atoms with E-state index in [1.54, 1.807) is 36.4 Å². The van der Waals surface area contributed by atoms with E-state index in [9.17, 15) is 9.59 Å². The number of anilines is 2. The maximum Gasteiger partial charge on any atom is 0.196 e. The van der Waals surface area contributed by atoms with Gasteiger partial charge in [-0.1, -0.05) is 38.1 Å². The van der Waals surface area contributed by atoms with E-state index in [-0.39, 0.29) is 34.1 Å². The summed E-state index contributed by atoms with van der Waals surface area (Å²) in [6.07, 6.45) is 1.75. The summed E-state index contributed by atoms with van der Waals surface area (Å²) in [5.74, 6) is -0.491. The molecule has 0 amide bonds. The molecule has 1 aliphatic rings. The minimum Gasteiger partial charge on any atom is -0.398 e. The number of carbonyl (C=O) groups excluding carboxylic acids is 2. The van der Waals surface area contributed by atoms with Gasteiger partial charge in [-0.2, -0.15) is 0 Å². The zero-order chi connectivity index (χ0) is 19.7. The van der Waals surface area contributed by atoms with Gasteiger partial charge in [0, 0.05) is 35.7 Å². The molecule has 0 atom stereocenters. The van der Waals surface area contributed by atoms with Crippen molar-refractivity contribution in [3.05, 3.63) is 58.7 Å². The largest absolute Gasteiger partial charge is 0.398 e. The van der Waals surface area contributed by atoms with Crippen molar-refractivity contribution in [2.75, 3.05) is 24.7 Å². The number of rotatable bonds is 2. The van der Waals surface area contributed by atoms with Crippen molar-refractivity contribution in [1.82, 2.24) is 0 Å². The van der Waals surface area contributed by atoms with Gasteiger partial charge >= 0.3 is 0 Å². The van der Waals surface area contributed by atoms with Gasteiger partial charge in [-0.3, -0.25) is 9.59 Å². The molecule has 6 nitrogen and oxygen atoms in total. The number of nitrogen functional groups attached to an aromatic ring is 2. The third kappa shape index (κ3) is 4.68. The standard InChI is InChI=1S/C14H10N2O2.2C3H8O/c15-9-5-6-10(16)12-11(9)13(17)7-3-1-2-4-8(7)14(12)18;2*1-2-3-4/h1-6H,15-16H2;2*4H,2-3H2,1H3. The van der Waals surface area contributed by atoms with Crippen LogP contribution in [0.25, 0.3) is 0 Å². The van der Waals surface area contributed by atoms with Crippen molar-refractivity contribution in [2.24, 2.45) is 0 Å². The number of fused-ring (bicyclic) bond motifs is 2. The summed E-state index contributed by atoms with van der Waals surface area (Å²) in [5.41, 5.74) is 13.4. The highest BCUT2D eigenvalue weighted by molar-refractivity contribution is 6.31. The van der Waals surface area contributed by atoms with Crippen LogP contribution in [0.15, 0.2) is 36.4 Å². The highest BCUT2D eigenvalue weighted by atomic mass is 16.3. The average Bonchev–Trinajstić information content (AvgIpc) is 2.68. The van der Waals surface area contributed by atoms with Gasteiger partial charge in [0.15, 0.2) is 11.6 Å². The maximum absolute atomic E-state index is 12.3. The summed E-state index contributed by atoms with van der Waals surface area (Å²) < 4.78 is 0. The minimum absolute atomic E-state index is 0.221. The summed E-state index contributed by atoms with van der Waals surface area (Å²) in [5, 5.41) is 15.8. The van der Waals surface area contributed by atoms with Gasteiger partial charge in [-0.15, -0.1) is 0 Å². The van der Waals surface area contributed by atoms with Gasteiger partial charge < -0.3 is 21.7 Å². The molecule has 1 aliphatic carbocycles. The number of hydrogen-bond acceptors (Lipinski definition) is 6. The lowest BCUT2D eigenvalue weighted by atomic mass is 9.82. The second kappa shape index (κ2) is 10.3. The van der Waals surface area contributed by atoms with E-state index < -0.39 is 0 Å². The van der Waals surface area contributed by atoms with Gasteiger partial charge in [-0.25, -0.2) is 0 Å². The number of hydrogen-bond donors (Lipinski definition) is 4. The first-order valence-electron chi connectivity index (χ1n) is 8.52. The monoisotopic (exact) mass is 358 g/mol. The van der Waals surface area contributed by atoms with Crippen molar-refractivity contribution in [3.63, 3.8) is 0 Å². The molecule has 3 rings (SSSR count). The molecule has 0 bridgehead atoms. The summed E-state index contributed by atoms with van der Waals surface area (Å²) in [6.45, 7) is 4.50. The van der Waals surface area contributed by atoms with Crippen LogP contribution < -0.4 is 11.5 Å². The zero-order valence-electron chi connectivity index (χ0n) is 15.2. The zero-order valence-corrected chi connectivity index (χ0v) is 15.2. The summed E-state index contributed by atoms with van der Waals surface area (Å²) in [7, 11) is 0. The molecular weight excluding hydrogens is 332 g/mol. The first-order chi connectivity index (χ1) is 12.4. The van der Waals surface area contributed by atoms with E-state index >= 15 is 0 Å². The Morgan fingerprint density at radius 2 is 1.04 bits per heavy atom. The van der Waals surface area contributed by atoms with Crippen molar-refractivity contribution in [3.8, 4) is 0 Å². The number of nitrogens with two attached hydrogens (primary N) is 2. The smallest absolute Gasteiger partial charge is 0.196 e. The van der Waals surface area contributed by atoms with Crippen LogP contribution in [0.1, 0.15) is 58.5 Å². The van der Waals surface area contributed by atoms with Crippen LogP contribution in [0.4, 0.5) is 11.4 Å². The minimum atomic E-state index is -0.245. The Hall–Kier alpha value is -2.70. The number of aliphatic hydroxyl groups excluding tert-OH is 2. The van der Waals surface area contributed by atoms with Crippen LogP contribution in [-0.2, 0) is 0 Å². The van der Waals surface area contributed by atoms with Gasteiger partial charge in [0.2, 0.25) is 0 Å². The number of aliphatic hydroxyl groups is 2. The molecule has 0 aliphatic heterocycles. The molecule has 0 spiro atoms. The van der Waals surface area contributed by atoms with Crippen molar-refractivity contribution in [1.29, 1.82) is 0 Å². The first-order valence-corrected chi connectivity index (χ1v) is 8.52. The van der Waals surface area contributed by atoms with Gasteiger partial charge in [0.05, 0.1) is 11.1 Å². The molecule has 2 aromatic carbocycles. The number of benzene rings is 2. The molecule has 6 N–H and O–H groups in total. The van der Waals surface area contributed by atoms with Crippen LogP contribution in [0.5, 0.6) is 0 Å². The quantitative estimate of drug-likeness (QED) is 0.521. The number of carbonyl (C=O) groups is 2. The first kappa shape index (κ1) is 21.3. The van der Waals surface area contributed by atoms with Crippen molar-refractivity contribution < 1.29 is 19.8 Å². The molecule has 140 valence electrons. The molecule has 6 heteroatoms. The van der Waals surface area contributed by atoms with E-state index in [0.717, 1.165) is 12.8 Å². The fourth-order valence-corrected chi connectivity index (χ4v) is 2.27. The molecule has 0 fully saturated rings. The lowest BCUT2D eigenvalue weighted by molar-refractivity contribution is 0.0980. The highest BCUT2D eigenvalue weighted by Crippen LogP contribution is 2.33. The molecule has 0 unspecified atom stereocenters. The maximum atomic E-state index is 12.3. The Balaban J connectivity index is 0.000000360. The van der Waals surface area contributed by atoms with Crippen LogP contribution in [0.3, 0.4) is 0 Å².